The average Bonchev–Trinajstić information content (AvgIpc) is 3.12. The first-order valence-electron chi connectivity index (χ1n) is 9.15. The maximum atomic E-state index is 12.1. The number of nitrogens with one attached hydrogen (secondary N) is 1. The third-order valence-electron chi connectivity index (χ3n) is 4.56. The number of hydrogen-bond acceptors (Lipinski definition) is 7. The largest absolute Gasteiger partial charge is 0.464 e. The molecule has 8 heteroatoms. The van der Waals surface area contributed by atoms with Gasteiger partial charge < -0.3 is 19.5 Å². The minimum absolute atomic E-state index is 0.0753. The molecular formula is C21H21NO7. The van der Waals surface area contributed by atoms with Gasteiger partial charge >= 0.3 is 18.0 Å². The number of carbonyl (C=O) groups excluding carboxylic acids is 4. The second kappa shape index (κ2) is 9.18. The van der Waals surface area contributed by atoms with Gasteiger partial charge in [-0.2, -0.15) is 0 Å². The molecule has 1 N–H and O–H groups in total. The van der Waals surface area contributed by atoms with E-state index in [1.807, 2.05) is 30.3 Å². The minimum atomic E-state index is -0.775. The number of allylic oxidation sites excluding steroid dienone is 2. The van der Waals surface area contributed by atoms with E-state index in [0.29, 0.717) is 6.42 Å². The van der Waals surface area contributed by atoms with Crippen LogP contribution in [0.15, 0.2) is 54.6 Å². The zero-order valence-corrected chi connectivity index (χ0v) is 15.7. The monoisotopic (exact) mass is 399 g/mol. The Hall–Kier alpha value is -3.42. The van der Waals surface area contributed by atoms with Gasteiger partial charge in [-0.25, -0.2) is 4.79 Å². The molecule has 1 aromatic rings. The summed E-state index contributed by atoms with van der Waals surface area (Å²) in [7, 11) is 0. The van der Waals surface area contributed by atoms with Crippen molar-refractivity contribution in [3.05, 3.63) is 60.2 Å². The van der Waals surface area contributed by atoms with E-state index < -0.39 is 29.9 Å². The van der Waals surface area contributed by atoms with Gasteiger partial charge in [0, 0.05) is 5.41 Å². The van der Waals surface area contributed by atoms with Gasteiger partial charge in [0.1, 0.15) is 26.2 Å². The van der Waals surface area contributed by atoms with E-state index in [-0.39, 0.29) is 31.6 Å². The molecule has 0 aromatic heterocycles. The number of esters is 2. The van der Waals surface area contributed by atoms with Crippen LogP contribution in [0.25, 0.3) is 0 Å². The minimum Gasteiger partial charge on any atom is -0.464 e. The van der Waals surface area contributed by atoms with Gasteiger partial charge in [0.2, 0.25) is 0 Å². The number of ketones is 1. The van der Waals surface area contributed by atoms with Crippen molar-refractivity contribution < 1.29 is 33.4 Å². The first kappa shape index (κ1) is 20.3. The van der Waals surface area contributed by atoms with Crippen LogP contribution in [-0.4, -0.2) is 43.1 Å². The van der Waals surface area contributed by atoms with E-state index in [4.69, 9.17) is 14.2 Å². The summed E-state index contributed by atoms with van der Waals surface area (Å²) < 4.78 is 15.2. The van der Waals surface area contributed by atoms with Gasteiger partial charge in [0.15, 0.2) is 5.78 Å². The average molecular weight is 399 g/mol. The number of amides is 1. The van der Waals surface area contributed by atoms with Gasteiger partial charge in [0.05, 0.1) is 6.04 Å². The van der Waals surface area contributed by atoms with Gasteiger partial charge in [-0.05, 0) is 24.1 Å². The highest BCUT2D eigenvalue weighted by atomic mass is 16.6. The fourth-order valence-electron chi connectivity index (χ4n) is 3.07. The standard InChI is InChI=1S/C21H21NO7/c23-17-6-8-21(9-7-17,11-16-13-28-20(26)22-16)14-29-19(25)10-18(24)27-12-15-4-2-1-3-5-15/h1-9,16H,10-14H2,(H,22,26). The van der Waals surface area contributed by atoms with E-state index in [0.717, 1.165) is 5.56 Å². The lowest BCUT2D eigenvalue weighted by Gasteiger charge is -2.30. The van der Waals surface area contributed by atoms with Crippen molar-refractivity contribution in [2.24, 2.45) is 5.41 Å². The molecule has 1 fully saturated rings. The summed E-state index contributed by atoms with van der Waals surface area (Å²) in [5.74, 6) is -1.59. The number of benzene rings is 1. The summed E-state index contributed by atoms with van der Waals surface area (Å²) in [6, 6.07) is 8.84. The third-order valence-corrected chi connectivity index (χ3v) is 4.56. The Balaban J connectivity index is 1.50. The molecule has 0 spiro atoms. The van der Waals surface area contributed by atoms with Crippen LogP contribution in [0.4, 0.5) is 4.79 Å². The molecule has 0 radical (unpaired) electrons. The Labute approximate surface area is 167 Å². The Morgan fingerprint density at radius 3 is 2.41 bits per heavy atom. The molecule has 1 saturated heterocycles. The van der Waals surface area contributed by atoms with Gasteiger partial charge in [-0.3, -0.25) is 14.4 Å². The summed E-state index contributed by atoms with van der Waals surface area (Å²) in [6.45, 7) is 0.187. The molecule has 152 valence electrons. The molecule has 0 bridgehead atoms. The molecule has 1 amide bonds. The third kappa shape index (κ3) is 6.03. The van der Waals surface area contributed by atoms with Crippen LogP contribution in [0.2, 0.25) is 0 Å². The molecule has 1 unspecified atom stereocenters. The number of ether oxygens (including phenoxy) is 3. The summed E-state index contributed by atoms with van der Waals surface area (Å²) in [5.41, 5.74) is 0.0412. The second-order valence-electron chi connectivity index (χ2n) is 6.93. The zero-order valence-electron chi connectivity index (χ0n) is 15.7. The van der Waals surface area contributed by atoms with Gasteiger partial charge in [-0.15, -0.1) is 0 Å². The Kier molecular flexibility index (Phi) is 6.43. The maximum absolute atomic E-state index is 12.1. The number of rotatable bonds is 8. The van der Waals surface area contributed by atoms with Crippen LogP contribution >= 0.6 is 0 Å². The lowest BCUT2D eigenvalue weighted by molar-refractivity contribution is -0.156. The SMILES string of the molecule is O=C1C=CC(COC(=O)CC(=O)OCc2ccccc2)(CC2COC(=O)N2)C=C1. The van der Waals surface area contributed by atoms with Crippen molar-refractivity contribution in [1.29, 1.82) is 0 Å². The molecule has 1 atom stereocenters. The van der Waals surface area contributed by atoms with Crippen molar-refractivity contribution in [1.82, 2.24) is 5.32 Å². The van der Waals surface area contributed by atoms with Crippen molar-refractivity contribution in [3.63, 3.8) is 0 Å². The predicted molar refractivity (Wildman–Crippen MR) is 100 cm³/mol. The fraction of sp³-hybridized carbons (Fsp3) is 0.333. The normalized spacial score (nSPS) is 19.4. The van der Waals surface area contributed by atoms with Gasteiger partial charge in [-0.1, -0.05) is 42.5 Å². The number of carbonyl (C=O) groups is 4. The van der Waals surface area contributed by atoms with E-state index in [1.54, 1.807) is 12.2 Å². The van der Waals surface area contributed by atoms with Crippen molar-refractivity contribution >= 4 is 23.8 Å². The molecule has 29 heavy (non-hydrogen) atoms. The van der Waals surface area contributed by atoms with Crippen LogP contribution in [0, 0.1) is 5.41 Å². The lowest BCUT2D eigenvalue weighted by Crippen LogP contribution is -2.36. The molecule has 1 aliphatic carbocycles. The van der Waals surface area contributed by atoms with Crippen LogP contribution in [0.3, 0.4) is 0 Å². The smallest absolute Gasteiger partial charge is 0.407 e. The van der Waals surface area contributed by atoms with Crippen LogP contribution in [-0.2, 0) is 35.2 Å². The molecule has 0 saturated carbocycles. The Morgan fingerprint density at radius 1 is 1.07 bits per heavy atom. The summed E-state index contributed by atoms with van der Waals surface area (Å²) in [4.78, 5) is 46.6. The molecule has 2 aliphatic rings. The highest BCUT2D eigenvalue weighted by Gasteiger charge is 2.35. The molecule has 1 aliphatic heterocycles. The van der Waals surface area contributed by atoms with Crippen molar-refractivity contribution in [3.8, 4) is 0 Å². The van der Waals surface area contributed by atoms with Crippen molar-refractivity contribution in [2.75, 3.05) is 13.2 Å². The van der Waals surface area contributed by atoms with Crippen LogP contribution in [0.1, 0.15) is 18.4 Å². The van der Waals surface area contributed by atoms with E-state index in [2.05, 4.69) is 5.32 Å². The summed E-state index contributed by atoms with van der Waals surface area (Å²) in [5, 5.41) is 2.66. The van der Waals surface area contributed by atoms with E-state index in [1.165, 1.54) is 12.2 Å². The topological polar surface area (TPSA) is 108 Å². The maximum Gasteiger partial charge on any atom is 0.407 e. The molecule has 1 aromatic carbocycles. The van der Waals surface area contributed by atoms with Crippen LogP contribution < -0.4 is 5.32 Å². The highest BCUT2D eigenvalue weighted by molar-refractivity contribution is 6.00. The summed E-state index contributed by atoms with van der Waals surface area (Å²) >= 11 is 0. The number of cyclic esters (lactones) is 1. The Morgan fingerprint density at radius 2 is 1.76 bits per heavy atom. The first-order chi connectivity index (χ1) is 13.9. The first-order valence-corrected chi connectivity index (χ1v) is 9.15. The predicted octanol–water partition coefficient (Wildman–Crippen LogP) is 1.84. The molecule has 1 heterocycles. The highest BCUT2D eigenvalue weighted by Crippen LogP contribution is 2.32. The fourth-order valence-corrected chi connectivity index (χ4v) is 3.07. The molecule has 8 nitrogen and oxygen atoms in total. The zero-order chi connectivity index (χ0) is 20.7. The van der Waals surface area contributed by atoms with Crippen molar-refractivity contribution in [2.45, 2.75) is 25.5 Å². The number of hydrogen-bond donors (Lipinski definition) is 1. The van der Waals surface area contributed by atoms with E-state index in [9.17, 15) is 19.2 Å². The van der Waals surface area contributed by atoms with Gasteiger partial charge in [0.25, 0.3) is 0 Å². The Bertz CT molecular complexity index is 828. The molecule has 3 rings (SSSR count). The van der Waals surface area contributed by atoms with Crippen LogP contribution in [0.5, 0.6) is 0 Å². The number of alkyl carbamates (subject to hydrolysis) is 1. The molecular weight excluding hydrogens is 378 g/mol. The lowest BCUT2D eigenvalue weighted by atomic mass is 9.79. The van der Waals surface area contributed by atoms with E-state index >= 15 is 0 Å². The summed E-state index contributed by atoms with van der Waals surface area (Å²) in [6.07, 6.45) is 5.41. The second-order valence-corrected chi connectivity index (χ2v) is 6.93. The quantitative estimate of drug-likeness (QED) is 0.404.